The molecule has 1 N–H and O–H groups in total. The SMILES string of the molecule is CCCOc1ccc(C2/C(=C(/O)c3ccc4c(c3)OCCO4)C(=O)C(=O)N2CCc2ccccc2)cc1. The number of Topliss-reactive ketones (excluding diaryl/α,β-unsaturated/α-hetero) is 1. The van der Waals surface area contributed by atoms with E-state index in [1.54, 1.807) is 23.1 Å². The normalized spacial score (nSPS) is 18.2. The molecule has 7 heteroatoms. The van der Waals surface area contributed by atoms with Crippen LogP contribution in [0, 0.1) is 0 Å². The van der Waals surface area contributed by atoms with Crippen LogP contribution in [0.15, 0.2) is 78.4 Å². The second-order valence-electron chi connectivity index (χ2n) is 9.00. The molecule has 37 heavy (non-hydrogen) atoms. The number of aliphatic hydroxyl groups is 1. The van der Waals surface area contributed by atoms with Gasteiger partial charge in [-0.3, -0.25) is 9.59 Å². The lowest BCUT2D eigenvalue weighted by Gasteiger charge is -2.26. The summed E-state index contributed by atoms with van der Waals surface area (Å²) < 4.78 is 16.9. The van der Waals surface area contributed by atoms with Crippen LogP contribution in [-0.4, -0.2) is 48.1 Å². The van der Waals surface area contributed by atoms with E-state index in [1.807, 2.05) is 61.5 Å². The van der Waals surface area contributed by atoms with Gasteiger partial charge in [0.15, 0.2) is 11.5 Å². The molecule has 1 unspecified atom stereocenters. The van der Waals surface area contributed by atoms with Gasteiger partial charge in [-0.1, -0.05) is 49.4 Å². The maximum absolute atomic E-state index is 13.3. The zero-order valence-electron chi connectivity index (χ0n) is 20.7. The van der Waals surface area contributed by atoms with Crippen LogP contribution in [0.4, 0.5) is 0 Å². The number of aliphatic hydroxyl groups excluding tert-OH is 1. The van der Waals surface area contributed by atoms with Crippen LogP contribution in [-0.2, 0) is 16.0 Å². The third-order valence-corrected chi connectivity index (χ3v) is 6.51. The lowest BCUT2D eigenvalue weighted by atomic mass is 9.95. The average molecular weight is 500 g/mol. The fourth-order valence-corrected chi connectivity index (χ4v) is 4.66. The summed E-state index contributed by atoms with van der Waals surface area (Å²) in [5, 5.41) is 11.4. The van der Waals surface area contributed by atoms with E-state index < -0.39 is 17.7 Å². The Hall–Kier alpha value is -4.26. The standard InChI is InChI=1S/C30H29NO6/c1-2-16-35-23-11-8-21(9-12-23)27-26(28(32)22-10-13-24-25(19-22)37-18-17-36-24)29(33)30(34)31(27)15-14-20-6-4-3-5-7-20/h3-13,19,27,32H,2,14-18H2,1H3/b28-26-. The molecule has 0 bridgehead atoms. The van der Waals surface area contributed by atoms with Gasteiger partial charge >= 0.3 is 0 Å². The maximum Gasteiger partial charge on any atom is 0.295 e. The molecule has 7 nitrogen and oxygen atoms in total. The molecule has 3 aromatic rings. The van der Waals surface area contributed by atoms with Crippen LogP contribution < -0.4 is 14.2 Å². The minimum atomic E-state index is -0.739. The number of hydrogen-bond donors (Lipinski definition) is 1. The number of hydrogen-bond acceptors (Lipinski definition) is 6. The second kappa shape index (κ2) is 10.8. The van der Waals surface area contributed by atoms with Gasteiger partial charge in [0.25, 0.3) is 11.7 Å². The molecule has 5 rings (SSSR count). The summed E-state index contributed by atoms with van der Waals surface area (Å²) >= 11 is 0. The highest BCUT2D eigenvalue weighted by Crippen LogP contribution is 2.41. The van der Waals surface area contributed by atoms with Gasteiger partial charge in [-0.05, 0) is 54.3 Å². The number of rotatable bonds is 8. The lowest BCUT2D eigenvalue weighted by molar-refractivity contribution is -0.139. The summed E-state index contributed by atoms with van der Waals surface area (Å²) in [5.41, 5.74) is 2.21. The lowest BCUT2D eigenvalue weighted by Crippen LogP contribution is -2.31. The monoisotopic (exact) mass is 499 g/mol. The summed E-state index contributed by atoms with van der Waals surface area (Å²) in [4.78, 5) is 28.1. The van der Waals surface area contributed by atoms with E-state index in [2.05, 4.69) is 0 Å². The first kappa shape index (κ1) is 24.4. The van der Waals surface area contributed by atoms with Gasteiger partial charge in [0, 0.05) is 12.1 Å². The van der Waals surface area contributed by atoms with E-state index >= 15 is 0 Å². The van der Waals surface area contributed by atoms with Gasteiger partial charge in [0.05, 0.1) is 18.2 Å². The zero-order valence-corrected chi connectivity index (χ0v) is 20.7. The quantitative estimate of drug-likeness (QED) is 0.269. The number of nitrogens with zero attached hydrogens (tertiary/aromatic N) is 1. The van der Waals surface area contributed by atoms with Crippen molar-refractivity contribution in [2.45, 2.75) is 25.8 Å². The molecule has 0 aromatic heterocycles. The summed E-state index contributed by atoms with van der Waals surface area (Å²) in [7, 11) is 0. The summed E-state index contributed by atoms with van der Waals surface area (Å²) in [5.74, 6) is 0.184. The number of benzene rings is 3. The van der Waals surface area contributed by atoms with Crippen molar-refractivity contribution in [1.82, 2.24) is 4.90 Å². The Labute approximate surface area is 215 Å². The molecule has 2 aliphatic heterocycles. The van der Waals surface area contributed by atoms with Gasteiger partial charge in [-0.25, -0.2) is 0 Å². The van der Waals surface area contributed by atoms with Gasteiger partial charge in [-0.15, -0.1) is 0 Å². The van der Waals surface area contributed by atoms with E-state index in [0.717, 1.165) is 17.5 Å². The highest BCUT2D eigenvalue weighted by atomic mass is 16.6. The molecule has 0 aliphatic carbocycles. The molecule has 0 spiro atoms. The first-order valence-electron chi connectivity index (χ1n) is 12.5. The highest BCUT2D eigenvalue weighted by molar-refractivity contribution is 6.46. The summed E-state index contributed by atoms with van der Waals surface area (Å²) in [6, 6.07) is 21.4. The Morgan fingerprint density at radius 2 is 1.70 bits per heavy atom. The van der Waals surface area contributed by atoms with Crippen molar-refractivity contribution in [2.24, 2.45) is 0 Å². The number of carbonyl (C=O) groups excluding carboxylic acids is 2. The summed E-state index contributed by atoms with van der Waals surface area (Å²) in [6.07, 6.45) is 1.46. The van der Waals surface area contributed by atoms with Crippen molar-refractivity contribution in [3.63, 3.8) is 0 Å². The van der Waals surface area contributed by atoms with Crippen LogP contribution in [0.1, 0.15) is 36.1 Å². The summed E-state index contributed by atoms with van der Waals surface area (Å²) in [6.45, 7) is 3.80. The van der Waals surface area contributed by atoms with Crippen molar-refractivity contribution in [1.29, 1.82) is 0 Å². The van der Waals surface area contributed by atoms with Crippen LogP contribution in [0.2, 0.25) is 0 Å². The van der Waals surface area contributed by atoms with E-state index in [0.29, 0.717) is 55.6 Å². The zero-order chi connectivity index (χ0) is 25.8. The predicted molar refractivity (Wildman–Crippen MR) is 139 cm³/mol. The first-order valence-corrected chi connectivity index (χ1v) is 12.5. The Bertz CT molecular complexity index is 1320. The minimum absolute atomic E-state index is 0.0527. The number of ketones is 1. The molecule has 1 amide bonds. The van der Waals surface area contributed by atoms with E-state index in [-0.39, 0.29) is 11.3 Å². The van der Waals surface area contributed by atoms with Crippen molar-refractivity contribution >= 4 is 17.4 Å². The second-order valence-corrected chi connectivity index (χ2v) is 9.00. The van der Waals surface area contributed by atoms with Crippen LogP contribution in [0.25, 0.3) is 5.76 Å². The number of carbonyl (C=O) groups is 2. The van der Waals surface area contributed by atoms with Gasteiger partial charge in [-0.2, -0.15) is 0 Å². The van der Waals surface area contributed by atoms with E-state index in [1.165, 1.54) is 0 Å². The third-order valence-electron chi connectivity index (χ3n) is 6.51. The molecule has 3 aromatic carbocycles. The van der Waals surface area contributed by atoms with Crippen LogP contribution in [0.5, 0.6) is 17.2 Å². The third kappa shape index (κ3) is 5.03. The highest BCUT2D eigenvalue weighted by Gasteiger charge is 2.46. The first-order chi connectivity index (χ1) is 18.1. The molecule has 0 saturated carbocycles. The van der Waals surface area contributed by atoms with Gasteiger partial charge < -0.3 is 24.2 Å². The molecule has 1 saturated heterocycles. The number of fused-ring (bicyclic) bond motifs is 1. The fourth-order valence-electron chi connectivity index (χ4n) is 4.66. The van der Waals surface area contributed by atoms with Gasteiger partial charge in [0.1, 0.15) is 24.7 Å². The molecule has 1 fully saturated rings. The van der Waals surface area contributed by atoms with Crippen molar-refractivity contribution < 1.29 is 28.9 Å². The van der Waals surface area contributed by atoms with Crippen LogP contribution in [0.3, 0.4) is 0 Å². The molecule has 190 valence electrons. The minimum Gasteiger partial charge on any atom is -0.507 e. The number of amides is 1. The van der Waals surface area contributed by atoms with Crippen LogP contribution >= 0.6 is 0 Å². The number of ether oxygens (including phenoxy) is 3. The van der Waals surface area contributed by atoms with Gasteiger partial charge in [0.2, 0.25) is 0 Å². The molecular formula is C30H29NO6. The Kier molecular flexibility index (Phi) is 7.12. The van der Waals surface area contributed by atoms with Crippen molar-refractivity contribution in [2.75, 3.05) is 26.4 Å². The maximum atomic E-state index is 13.3. The average Bonchev–Trinajstić information content (AvgIpc) is 3.20. The molecule has 1 atom stereocenters. The van der Waals surface area contributed by atoms with E-state index in [9.17, 15) is 14.7 Å². The molecule has 2 heterocycles. The topological polar surface area (TPSA) is 85.3 Å². The molecule has 0 radical (unpaired) electrons. The van der Waals surface area contributed by atoms with Crippen molar-refractivity contribution in [3.05, 3.63) is 95.1 Å². The van der Waals surface area contributed by atoms with E-state index in [4.69, 9.17) is 14.2 Å². The largest absolute Gasteiger partial charge is 0.507 e. The Morgan fingerprint density at radius 1 is 0.973 bits per heavy atom. The van der Waals surface area contributed by atoms with Crippen molar-refractivity contribution in [3.8, 4) is 17.2 Å². The predicted octanol–water partition coefficient (Wildman–Crippen LogP) is 4.91. The molecular weight excluding hydrogens is 470 g/mol. The molecule has 2 aliphatic rings. The fraction of sp³-hybridized carbons (Fsp3) is 0.267. The Balaban J connectivity index is 1.54. The Morgan fingerprint density at radius 3 is 2.43 bits per heavy atom. The number of likely N-dealkylation sites (tertiary alicyclic amines) is 1. The smallest absolute Gasteiger partial charge is 0.295 e.